The molecule has 0 radical (unpaired) electrons. The van der Waals surface area contributed by atoms with E-state index in [1.807, 2.05) is 42.5 Å². The molecule has 2 aromatic heterocycles. The van der Waals surface area contributed by atoms with Crippen LogP contribution in [0.2, 0.25) is 0 Å². The summed E-state index contributed by atoms with van der Waals surface area (Å²) in [4.78, 5) is 0. The van der Waals surface area contributed by atoms with Gasteiger partial charge in [-0.2, -0.15) is 0 Å². The molecule has 0 aliphatic rings. The van der Waals surface area contributed by atoms with Crippen molar-refractivity contribution < 1.29 is 29.4 Å². The Morgan fingerprint density at radius 1 is 0.391 bits per heavy atom. The maximum atomic E-state index is 9.52. The molecule has 0 aliphatic carbocycles. The first kappa shape index (κ1) is 14.8. The van der Waals surface area contributed by atoms with Gasteiger partial charge in [0.15, 0.2) is 0 Å². The monoisotopic (exact) mass is 601 g/mol. The molecule has 2 heteroatoms. The summed E-state index contributed by atoms with van der Waals surface area (Å²) in [5, 5.41) is -0.185. The lowest BCUT2D eigenvalue weighted by Crippen LogP contribution is -1.91. The molecule has 214 valence electrons. The minimum absolute atomic E-state index is 0.0124. The largest absolute Gasteiger partial charge is 0.456 e. The minimum Gasteiger partial charge on any atom is -0.456 e. The quantitative estimate of drug-likeness (QED) is 0.188. The van der Waals surface area contributed by atoms with Gasteiger partial charge in [-0.25, -0.2) is 0 Å². The number of furan rings is 2. The second kappa shape index (κ2) is 9.69. The molecule has 0 fully saturated rings. The standard InChI is InChI=1S/C44H26O2/c1-2-13-28(14-3-1)40-43-38(25-24-37-42(43)35-20-10-11-21-36(35)45-37)46-44(40)41-33-18-8-6-16-31(33)39(32-17-7-9-19-34(32)41)30-23-22-27-12-4-5-15-29(27)26-30/h1-26H/i4D,5D,6D,7D,8D,9D,12D,15D,16D,17D,18D,19D,22D,23D,26D. The Bertz CT molecular complexity index is 3570. The Morgan fingerprint density at radius 3 is 1.74 bits per heavy atom. The van der Waals surface area contributed by atoms with Crippen molar-refractivity contribution in [1.29, 1.82) is 0 Å². The fraction of sp³-hybridized carbons (Fsp3) is 0. The molecule has 0 saturated carbocycles. The molecule has 10 aromatic rings. The van der Waals surface area contributed by atoms with Crippen molar-refractivity contribution in [3.8, 4) is 33.6 Å². The van der Waals surface area contributed by atoms with E-state index in [2.05, 4.69) is 0 Å². The molecular formula is C44H26O2. The minimum atomic E-state index is -0.763. The van der Waals surface area contributed by atoms with E-state index < -0.39 is 113 Å². The Hall–Kier alpha value is -6.12. The molecule has 0 saturated heterocycles. The SMILES string of the molecule is [2H]c1c([2H])c([2H])c2c([2H])c(-c3c4c([2H])c([2H])c([2H])c([2H])c4c(-c4oc5ccc6oc7ccccc7c6c5c4-c4ccccc4)c4c([2H])c([2H])c([2H])c([2H])c34)c([2H])c([2H])c2c1[2H]. The number of para-hydroxylation sites is 1. The van der Waals surface area contributed by atoms with Gasteiger partial charge in [0.2, 0.25) is 0 Å². The summed E-state index contributed by atoms with van der Waals surface area (Å²) < 4.78 is 149. The van der Waals surface area contributed by atoms with Gasteiger partial charge < -0.3 is 8.83 Å². The number of rotatable bonds is 3. The van der Waals surface area contributed by atoms with Crippen LogP contribution in [0.25, 0.3) is 98.8 Å². The predicted molar refractivity (Wildman–Crippen MR) is 192 cm³/mol. The molecule has 0 amide bonds. The van der Waals surface area contributed by atoms with Gasteiger partial charge >= 0.3 is 0 Å². The van der Waals surface area contributed by atoms with E-state index in [-0.39, 0.29) is 32.9 Å². The molecule has 0 spiro atoms. The van der Waals surface area contributed by atoms with E-state index in [0.29, 0.717) is 38.6 Å². The molecule has 0 aliphatic heterocycles. The molecule has 0 N–H and O–H groups in total. The third kappa shape index (κ3) is 3.59. The molecule has 8 aromatic carbocycles. The molecule has 10 rings (SSSR count). The maximum absolute atomic E-state index is 9.52. The van der Waals surface area contributed by atoms with Crippen LogP contribution in [0.4, 0.5) is 0 Å². The van der Waals surface area contributed by atoms with E-state index in [1.165, 1.54) is 0 Å². The van der Waals surface area contributed by atoms with Crippen LogP contribution in [-0.2, 0) is 0 Å². The zero-order valence-corrected chi connectivity index (χ0v) is 23.7. The predicted octanol–water partition coefficient (Wildman–Crippen LogP) is 12.8. The molecule has 2 heterocycles. The van der Waals surface area contributed by atoms with Gasteiger partial charge in [-0.15, -0.1) is 0 Å². The van der Waals surface area contributed by atoms with Crippen LogP contribution >= 0.6 is 0 Å². The van der Waals surface area contributed by atoms with Gasteiger partial charge in [0.05, 0.1) is 20.6 Å². The second-order valence-corrected chi connectivity index (χ2v) is 10.8. The fourth-order valence-electron chi connectivity index (χ4n) is 6.47. The van der Waals surface area contributed by atoms with Crippen molar-refractivity contribution in [3.63, 3.8) is 0 Å². The lowest BCUT2D eigenvalue weighted by Gasteiger charge is -2.17. The summed E-state index contributed by atoms with van der Waals surface area (Å²) in [6.07, 6.45) is 0. The number of benzene rings is 8. The second-order valence-electron chi connectivity index (χ2n) is 10.8. The van der Waals surface area contributed by atoms with Crippen LogP contribution in [0.5, 0.6) is 0 Å². The van der Waals surface area contributed by atoms with Gasteiger partial charge in [0.1, 0.15) is 22.5 Å². The highest BCUT2D eigenvalue weighted by atomic mass is 16.3. The summed E-state index contributed by atoms with van der Waals surface area (Å²) in [7, 11) is 0. The fourth-order valence-corrected chi connectivity index (χ4v) is 6.47. The van der Waals surface area contributed by atoms with Crippen LogP contribution < -0.4 is 0 Å². The van der Waals surface area contributed by atoms with E-state index in [9.17, 15) is 8.22 Å². The van der Waals surface area contributed by atoms with Crippen LogP contribution in [0.3, 0.4) is 0 Å². The third-order valence-corrected chi connectivity index (χ3v) is 8.36. The number of hydrogen-bond donors (Lipinski definition) is 0. The number of fused-ring (bicyclic) bond motifs is 8. The molecule has 46 heavy (non-hydrogen) atoms. The third-order valence-electron chi connectivity index (χ3n) is 8.36. The first-order valence-electron chi connectivity index (χ1n) is 22.0. The number of hydrogen-bond acceptors (Lipinski definition) is 2. The average molecular weight is 602 g/mol. The topological polar surface area (TPSA) is 26.3 Å². The normalized spacial score (nSPS) is 16.5. The van der Waals surface area contributed by atoms with Gasteiger partial charge in [0.25, 0.3) is 0 Å². The van der Waals surface area contributed by atoms with Gasteiger partial charge in [-0.05, 0) is 73.2 Å². The highest BCUT2D eigenvalue weighted by Gasteiger charge is 2.26. The van der Waals surface area contributed by atoms with E-state index in [4.69, 9.17) is 21.2 Å². The zero-order chi connectivity index (χ0) is 43.2. The van der Waals surface area contributed by atoms with Crippen molar-refractivity contribution in [1.82, 2.24) is 0 Å². The van der Waals surface area contributed by atoms with Crippen LogP contribution in [0.1, 0.15) is 20.6 Å². The Balaban J connectivity index is 1.53. The Labute approximate surface area is 285 Å². The molecule has 0 unspecified atom stereocenters. The first-order chi connectivity index (χ1) is 29.1. The van der Waals surface area contributed by atoms with Crippen molar-refractivity contribution in [3.05, 3.63) is 157 Å². The summed E-state index contributed by atoms with van der Waals surface area (Å²) >= 11 is 0. The maximum Gasteiger partial charge on any atom is 0.144 e. The van der Waals surface area contributed by atoms with E-state index in [0.717, 1.165) is 5.39 Å². The van der Waals surface area contributed by atoms with E-state index in [1.54, 1.807) is 24.3 Å². The van der Waals surface area contributed by atoms with Crippen molar-refractivity contribution in [2.75, 3.05) is 0 Å². The molecule has 0 bridgehead atoms. The summed E-state index contributed by atoms with van der Waals surface area (Å²) in [6.45, 7) is 0. The lowest BCUT2D eigenvalue weighted by atomic mass is 9.85. The van der Waals surface area contributed by atoms with Gasteiger partial charge in [0, 0.05) is 27.3 Å². The van der Waals surface area contributed by atoms with Crippen LogP contribution in [0.15, 0.2) is 166 Å². The van der Waals surface area contributed by atoms with Crippen molar-refractivity contribution >= 4 is 65.2 Å². The summed E-state index contributed by atoms with van der Waals surface area (Å²) in [5.41, 5.74) is 1.36. The highest BCUT2D eigenvalue weighted by molar-refractivity contribution is 6.27. The van der Waals surface area contributed by atoms with Crippen LogP contribution in [0, 0.1) is 0 Å². The van der Waals surface area contributed by atoms with Gasteiger partial charge in [-0.3, -0.25) is 0 Å². The van der Waals surface area contributed by atoms with E-state index >= 15 is 0 Å². The summed E-state index contributed by atoms with van der Waals surface area (Å²) in [6, 6.07) is 9.33. The Kier molecular flexibility index (Phi) is 3.11. The average Bonchev–Trinajstić information content (AvgIpc) is 3.84. The Morgan fingerprint density at radius 2 is 1.00 bits per heavy atom. The lowest BCUT2D eigenvalue weighted by molar-refractivity contribution is 0.633. The smallest absolute Gasteiger partial charge is 0.144 e. The first-order valence-corrected chi connectivity index (χ1v) is 14.5. The summed E-state index contributed by atoms with van der Waals surface area (Å²) in [5.74, 6) is -0.0124. The molecule has 0 atom stereocenters. The van der Waals surface area contributed by atoms with Gasteiger partial charge in [-0.1, -0.05) is 133 Å². The highest BCUT2D eigenvalue weighted by Crippen LogP contribution is 2.51. The zero-order valence-electron chi connectivity index (χ0n) is 38.7. The van der Waals surface area contributed by atoms with Crippen molar-refractivity contribution in [2.45, 2.75) is 0 Å². The molecular weight excluding hydrogens is 560 g/mol. The van der Waals surface area contributed by atoms with Crippen LogP contribution in [-0.4, -0.2) is 0 Å². The van der Waals surface area contributed by atoms with Crippen molar-refractivity contribution in [2.24, 2.45) is 0 Å². The molecule has 2 nitrogen and oxygen atoms in total.